The van der Waals surface area contributed by atoms with Crippen molar-refractivity contribution >= 4 is 5.91 Å². The van der Waals surface area contributed by atoms with Crippen LogP contribution in [-0.4, -0.2) is 18.6 Å². The molecule has 1 aromatic rings. The standard InChI is InChI=1S/C17H21F2NO2/c1-2-22-13-8-11(9-13)16(21)20-17(6-3-7-17)14-5-4-12(18)10-15(14)19/h4-5,10-11,13H,2-3,6-9H2,1H3,(H,20,21). The van der Waals surface area contributed by atoms with E-state index in [1.54, 1.807) is 0 Å². The summed E-state index contributed by atoms with van der Waals surface area (Å²) in [5, 5.41) is 3.01. The summed E-state index contributed by atoms with van der Waals surface area (Å²) in [5.41, 5.74) is -0.264. The fourth-order valence-electron chi connectivity index (χ4n) is 3.36. The fraction of sp³-hybridized carbons (Fsp3) is 0.588. The van der Waals surface area contributed by atoms with Crippen LogP contribution < -0.4 is 5.32 Å². The molecule has 3 rings (SSSR count). The molecule has 3 nitrogen and oxygen atoms in total. The molecule has 120 valence electrons. The van der Waals surface area contributed by atoms with Gasteiger partial charge in [0.2, 0.25) is 5.91 Å². The Morgan fingerprint density at radius 1 is 1.36 bits per heavy atom. The Kier molecular flexibility index (Phi) is 4.17. The molecular formula is C17H21F2NO2. The molecule has 0 bridgehead atoms. The summed E-state index contributed by atoms with van der Waals surface area (Å²) in [6.45, 7) is 2.60. The van der Waals surface area contributed by atoms with E-state index in [1.807, 2.05) is 6.92 Å². The van der Waals surface area contributed by atoms with Gasteiger partial charge >= 0.3 is 0 Å². The van der Waals surface area contributed by atoms with Crippen LogP contribution in [0.4, 0.5) is 8.78 Å². The van der Waals surface area contributed by atoms with Crippen molar-refractivity contribution in [3.63, 3.8) is 0 Å². The second-order valence-electron chi connectivity index (χ2n) is 6.29. The zero-order chi connectivity index (χ0) is 15.7. The normalized spacial score (nSPS) is 26.0. The molecule has 0 radical (unpaired) electrons. The van der Waals surface area contributed by atoms with Crippen molar-refractivity contribution in [3.05, 3.63) is 35.4 Å². The monoisotopic (exact) mass is 309 g/mol. The van der Waals surface area contributed by atoms with Gasteiger partial charge in [-0.1, -0.05) is 6.07 Å². The van der Waals surface area contributed by atoms with E-state index in [-0.39, 0.29) is 17.9 Å². The van der Waals surface area contributed by atoms with Gasteiger partial charge in [0, 0.05) is 24.2 Å². The fourth-order valence-corrected chi connectivity index (χ4v) is 3.36. The lowest BCUT2D eigenvalue weighted by molar-refractivity contribution is -0.137. The SMILES string of the molecule is CCOC1CC(C(=O)NC2(c3ccc(F)cc3F)CCC2)C1. The number of ether oxygens (including phenoxy) is 1. The highest BCUT2D eigenvalue weighted by atomic mass is 19.1. The minimum atomic E-state index is -0.661. The van der Waals surface area contributed by atoms with E-state index < -0.39 is 17.2 Å². The van der Waals surface area contributed by atoms with Crippen molar-refractivity contribution in [3.8, 4) is 0 Å². The predicted molar refractivity (Wildman–Crippen MR) is 78.2 cm³/mol. The Balaban J connectivity index is 1.68. The van der Waals surface area contributed by atoms with Crippen LogP contribution >= 0.6 is 0 Å². The van der Waals surface area contributed by atoms with Crippen LogP contribution in [0.1, 0.15) is 44.6 Å². The van der Waals surface area contributed by atoms with E-state index in [0.717, 1.165) is 25.3 Å². The summed E-state index contributed by atoms with van der Waals surface area (Å²) >= 11 is 0. The van der Waals surface area contributed by atoms with Gasteiger partial charge in [0.25, 0.3) is 0 Å². The molecule has 0 unspecified atom stereocenters. The van der Waals surface area contributed by atoms with E-state index in [2.05, 4.69) is 5.32 Å². The van der Waals surface area contributed by atoms with Crippen LogP contribution in [0.15, 0.2) is 18.2 Å². The van der Waals surface area contributed by atoms with Gasteiger partial charge in [-0.15, -0.1) is 0 Å². The number of hydrogen-bond donors (Lipinski definition) is 1. The summed E-state index contributed by atoms with van der Waals surface area (Å²) < 4.78 is 32.6. The maximum atomic E-state index is 14.1. The Hall–Kier alpha value is -1.49. The van der Waals surface area contributed by atoms with Gasteiger partial charge in [0.1, 0.15) is 11.6 Å². The highest BCUT2D eigenvalue weighted by molar-refractivity contribution is 5.80. The number of amides is 1. The van der Waals surface area contributed by atoms with Gasteiger partial charge in [0.05, 0.1) is 11.6 Å². The third-order valence-corrected chi connectivity index (χ3v) is 4.88. The largest absolute Gasteiger partial charge is 0.378 e. The number of nitrogens with one attached hydrogen (secondary N) is 1. The predicted octanol–water partition coefficient (Wildman–Crippen LogP) is 3.28. The average Bonchev–Trinajstić information content (AvgIpc) is 2.38. The second-order valence-corrected chi connectivity index (χ2v) is 6.29. The molecule has 22 heavy (non-hydrogen) atoms. The lowest BCUT2D eigenvalue weighted by Crippen LogP contribution is -2.55. The lowest BCUT2D eigenvalue weighted by Gasteiger charge is -2.45. The number of halogens is 2. The van der Waals surface area contributed by atoms with E-state index in [9.17, 15) is 13.6 Å². The van der Waals surface area contributed by atoms with Crippen molar-refractivity contribution in [2.45, 2.75) is 50.7 Å². The first-order valence-corrected chi connectivity index (χ1v) is 7.93. The van der Waals surface area contributed by atoms with Crippen LogP contribution in [0.3, 0.4) is 0 Å². The van der Waals surface area contributed by atoms with E-state index in [1.165, 1.54) is 12.1 Å². The molecule has 1 aromatic carbocycles. The number of carbonyl (C=O) groups excluding carboxylic acids is 1. The van der Waals surface area contributed by atoms with Crippen molar-refractivity contribution in [1.82, 2.24) is 5.32 Å². The number of hydrogen-bond acceptors (Lipinski definition) is 2. The first-order valence-electron chi connectivity index (χ1n) is 7.93. The molecule has 2 aliphatic carbocycles. The van der Waals surface area contributed by atoms with Gasteiger partial charge in [0.15, 0.2) is 0 Å². The van der Waals surface area contributed by atoms with Gasteiger partial charge in [-0.25, -0.2) is 8.78 Å². The van der Waals surface area contributed by atoms with Gasteiger partial charge in [-0.2, -0.15) is 0 Å². The minimum absolute atomic E-state index is 0.0422. The van der Waals surface area contributed by atoms with E-state index in [0.29, 0.717) is 25.0 Å². The van der Waals surface area contributed by atoms with Crippen molar-refractivity contribution < 1.29 is 18.3 Å². The molecule has 2 aliphatic rings. The Bertz CT molecular complexity index is 566. The number of benzene rings is 1. The average molecular weight is 309 g/mol. The summed E-state index contributed by atoms with van der Waals surface area (Å²) in [6, 6.07) is 3.59. The first kappa shape index (κ1) is 15.4. The van der Waals surface area contributed by atoms with Crippen molar-refractivity contribution in [2.75, 3.05) is 6.61 Å². The van der Waals surface area contributed by atoms with Crippen LogP contribution in [0.5, 0.6) is 0 Å². The van der Waals surface area contributed by atoms with Crippen molar-refractivity contribution in [2.24, 2.45) is 5.92 Å². The Morgan fingerprint density at radius 2 is 2.09 bits per heavy atom. The molecule has 0 aliphatic heterocycles. The van der Waals surface area contributed by atoms with E-state index >= 15 is 0 Å². The van der Waals surface area contributed by atoms with Crippen LogP contribution in [0, 0.1) is 17.6 Å². The van der Waals surface area contributed by atoms with Gasteiger partial charge < -0.3 is 10.1 Å². The molecule has 1 N–H and O–H groups in total. The molecule has 5 heteroatoms. The maximum Gasteiger partial charge on any atom is 0.224 e. The molecule has 0 saturated heterocycles. The highest BCUT2D eigenvalue weighted by Gasteiger charge is 2.45. The summed E-state index contributed by atoms with van der Waals surface area (Å²) in [7, 11) is 0. The topological polar surface area (TPSA) is 38.3 Å². The first-order chi connectivity index (χ1) is 10.5. The highest BCUT2D eigenvalue weighted by Crippen LogP contribution is 2.43. The summed E-state index contributed by atoms with van der Waals surface area (Å²) in [6.07, 6.45) is 3.94. The maximum absolute atomic E-state index is 14.1. The zero-order valence-electron chi connectivity index (χ0n) is 12.7. The van der Waals surface area contributed by atoms with Gasteiger partial charge in [-0.3, -0.25) is 4.79 Å². The van der Waals surface area contributed by atoms with Crippen molar-refractivity contribution in [1.29, 1.82) is 0 Å². The van der Waals surface area contributed by atoms with Gasteiger partial charge in [-0.05, 0) is 45.1 Å². The Labute approximate surface area is 129 Å². The quantitative estimate of drug-likeness (QED) is 0.906. The number of carbonyl (C=O) groups is 1. The van der Waals surface area contributed by atoms with Crippen LogP contribution in [0.2, 0.25) is 0 Å². The number of rotatable bonds is 5. The van der Waals surface area contributed by atoms with Crippen LogP contribution in [0.25, 0.3) is 0 Å². The molecule has 2 saturated carbocycles. The molecule has 0 spiro atoms. The molecule has 0 heterocycles. The minimum Gasteiger partial charge on any atom is -0.378 e. The summed E-state index contributed by atoms with van der Waals surface area (Å²) in [5.74, 6) is -1.28. The molecule has 0 atom stereocenters. The van der Waals surface area contributed by atoms with E-state index in [4.69, 9.17) is 4.74 Å². The third kappa shape index (κ3) is 2.74. The Morgan fingerprint density at radius 3 is 2.64 bits per heavy atom. The lowest BCUT2D eigenvalue weighted by atomic mass is 9.70. The molecule has 2 fully saturated rings. The molecule has 1 amide bonds. The smallest absolute Gasteiger partial charge is 0.224 e. The van der Waals surface area contributed by atoms with Crippen LogP contribution in [-0.2, 0) is 15.1 Å². The third-order valence-electron chi connectivity index (χ3n) is 4.88. The zero-order valence-corrected chi connectivity index (χ0v) is 12.7. The molecular weight excluding hydrogens is 288 g/mol. The molecule has 0 aromatic heterocycles. The summed E-state index contributed by atoms with van der Waals surface area (Å²) in [4.78, 5) is 12.4. The second kappa shape index (κ2) is 5.95.